The summed E-state index contributed by atoms with van der Waals surface area (Å²) in [4.78, 5) is 0. The summed E-state index contributed by atoms with van der Waals surface area (Å²) in [5.41, 5.74) is 4.90. The first kappa shape index (κ1) is 26.3. The fourth-order valence-corrected chi connectivity index (χ4v) is 13.6. The van der Waals surface area contributed by atoms with Crippen molar-refractivity contribution in [1.29, 1.82) is 0 Å². The lowest BCUT2D eigenvalue weighted by Gasteiger charge is -2.44. The van der Waals surface area contributed by atoms with Crippen LogP contribution in [0, 0.1) is 17.8 Å². The summed E-state index contributed by atoms with van der Waals surface area (Å²) in [5, 5.41) is 1.57. The standard InChI is InChI=1S/C33H48OSi/c1-11-35(12-2,28-19-15-18-27(32(5,6)7)30(28)34-33(8,9)10)31-23(4)22(3)29-25-17-14-13-16-24(25)20-21-26(29)31/h13-23,26,29,31H,11-12H2,1-10H3. The van der Waals surface area contributed by atoms with Gasteiger partial charge in [0.25, 0.3) is 0 Å². The topological polar surface area (TPSA) is 9.23 Å². The van der Waals surface area contributed by atoms with Crippen LogP contribution in [0.4, 0.5) is 0 Å². The molecule has 4 rings (SSSR count). The summed E-state index contributed by atoms with van der Waals surface area (Å²) >= 11 is 0. The van der Waals surface area contributed by atoms with E-state index in [9.17, 15) is 0 Å². The maximum Gasteiger partial charge on any atom is 0.123 e. The Morgan fingerprint density at radius 3 is 2.09 bits per heavy atom. The molecular weight excluding hydrogens is 440 g/mol. The highest BCUT2D eigenvalue weighted by atomic mass is 28.3. The average molecular weight is 489 g/mol. The molecule has 2 heteroatoms. The van der Waals surface area contributed by atoms with Gasteiger partial charge in [0.2, 0.25) is 0 Å². The van der Waals surface area contributed by atoms with Crippen LogP contribution in [0.3, 0.4) is 0 Å². The Bertz CT molecular complexity index is 1080. The van der Waals surface area contributed by atoms with Gasteiger partial charge in [-0.3, -0.25) is 0 Å². The largest absolute Gasteiger partial charge is 0.488 e. The van der Waals surface area contributed by atoms with E-state index >= 15 is 0 Å². The van der Waals surface area contributed by atoms with Crippen molar-refractivity contribution in [2.45, 2.75) is 104 Å². The van der Waals surface area contributed by atoms with E-state index in [4.69, 9.17) is 4.74 Å². The Balaban J connectivity index is 1.94. The van der Waals surface area contributed by atoms with Crippen LogP contribution < -0.4 is 9.92 Å². The van der Waals surface area contributed by atoms with Crippen LogP contribution in [-0.2, 0) is 5.41 Å². The van der Waals surface area contributed by atoms with Gasteiger partial charge >= 0.3 is 0 Å². The third-order valence-electron chi connectivity index (χ3n) is 9.31. The zero-order chi connectivity index (χ0) is 25.8. The highest BCUT2D eigenvalue weighted by Crippen LogP contribution is 2.61. The molecule has 5 atom stereocenters. The fraction of sp³-hybridized carbons (Fsp3) is 0.576. The molecule has 0 aromatic heterocycles. The molecule has 1 nitrogen and oxygen atoms in total. The number of benzene rings is 2. The minimum Gasteiger partial charge on any atom is -0.488 e. The van der Waals surface area contributed by atoms with Gasteiger partial charge in [0.15, 0.2) is 0 Å². The van der Waals surface area contributed by atoms with Gasteiger partial charge in [-0.1, -0.05) is 115 Å². The van der Waals surface area contributed by atoms with Crippen LogP contribution >= 0.6 is 0 Å². The van der Waals surface area contributed by atoms with E-state index in [0.717, 1.165) is 0 Å². The van der Waals surface area contributed by atoms with Crippen molar-refractivity contribution in [3.05, 3.63) is 65.2 Å². The molecule has 0 spiro atoms. The third kappa shape index (κ3) is 4.45. The summed E-state index contributed by atoms with van der Waals surface area (Å²) in [6, 6.07) is 18.8. The molecule has 0 N–H and O–H groups in total. The second-order valence-electron chi connectivity index (χ2n) is 13.3. The molecule has 0 bridgehead atoms. The smallest absolute Gasteiger partial charge is 0.123 e. The SMILES string of the molecule is CC[Si](CC)(c1cccc(C(C)(C)C)c1OC(C)(C)C)C1C(C)C(C)C2c3ccccc3C=CC21. The summed E-state index contributed by atoms with van der Waals surface area (Å²) in [6.07, 6.45) is 5.03. The first-order valence-corrected chi connectivity index (χ1v) is 16.4. The van der Waals surface area contributed by atoms with E-state index in [1.165, 1.54) is 29.0 Å². The molecule has 1 saturated carbocycles. The molecule has 190 valence electrons. The third-order valence-corrected chi connectivity index (χ3v) is 15.5. The van der Waals surface area contributed by atoms with Gasteiger partial charge in [-0.15, -0.1) is 0 Å². The minimum atomic E-state index is -1.95. The van der Waals surface area contributed by atoms with Crippen molar-refractivity contribution in [2.75, 3.05) is 0 Å². The van der Waals surface area contributed by atoms with Crippen molar-refractivity contribution in [1.82, 2.24) is 0 Å². The number of hydrogen-bond acceptors (Lipinski definition) is 1. The molecule has 0 saturated heterocycles. The normalized spacial score (nSPS) is 26.4. The second-order valence-corrected chi connectivity index (χ2v) is 18.3. The van der Waals surface area contributed by atoms with E-state index in [2.05, 4.69) is 124 Å². The molecule has 0 heterocycles. The highest BCUT2D eigenvalue weighted by molar-refractivity contribution is 6.93. The predicted molar refractivity (Wildman–Crippen MR) is 156 cm³/mol. The molecule has 2 aromatic carbocycles. The van der Waals surface area contributed by atoms with E-state index < -0.39 is 8.07 Å². The first-order valence-electron chi connectivity index (χ1n) is 14.0. The maximum absolute atomic E-state index is 6.93. The van der Waals surface area contributed by atoms with Crippen LogP contribution in [-0.4, -0.2) is 13.7 Å². The Morgan fingerprint density at radius 2 is 1.49 bits per heavy atom. The molecule has 2 aliphatic rings. The molecule has 0 aliphatic heterocycles. The van der Waals surface area contributed by atoms with E-state index in [-0.39, 0.29) is 11.0 Å². The number of fused-ring (bicyclic) bond motifs is 3. The number of para-hydroxylation sites is 1. The van der Waals surface area contributed by atoms with Gasteiger partial charge in [-0.05, 0) is 77.3 Å². The van der Waals surface area contributed by atoms with Crippen molar-refractivity contribution >= 4 is 19.3 Å². The molecule has 35 heavy (non-hydrogen) atoms. The summed E-state index contributed by atoms with van der Waals surface area (Å²) in [5.74, 6) is 3.81. The van der Waals surface area contributed by atoms with Gasteiger partial charge in [0.1, 0.15) is 11.4 Å². The van der Waals surface area contributed by atoms with Crippen molar-refractivity contribution < 1.29 is 4.74 Å². The summed E-state index contributed by atoms with van der Waals surface area (Å²) < 4.78 is 6.93. The van der Waals surface area contributed by atoms with Gasteiger partial charge in [0.05, 0.1) is 8.07 Å². The lowest BCUT2D eigenvalue weighted by atomic mass is 9.77. The number of ether oxygens (including phenoxy) is 1. The molecule has 2 aromatic rings. The molecule has 0 radical (unpaired) electrons. The van der Waals surface area contributed by atoms with Crippen molar-refractivity contribution in [3.63, 3.8) is 0 Å². The number of hydrogen-bond donors (Lipinski definition) is 0. The Hall–Kier alpha value is -1.80. The quantitative estimate of drug-likeness (QED) is 0.382. The number of allylic oxidation sites excluding steroid dienone is 1. The minimum absolute atomic E-state index is 0.0407. The molecule has 1 fully saturated rings. The van der Waals surface area contributed by atoms with Gasteiger partial charge in [0, 0.05) is 0 Å². The summed E-state index contributed by atoms with van der Waals surface area (Å²) in [6.45, 7) is 23.7. The van der Waals surface area contributed by atoms with Crippen LogP contribution in [0.25, 0.3) is 6.08 Å². The first-order chi connectivity index (χ1) is 16.4. The predicted octanol–water partition coefficient (Wildman–Crippen LogP) is 8.94. The van der Waals surface area contributed by atoms with E-state index in [1.807, 2.05) is 0 Å². The lowest BCUT2D eigenvalue weighted by molar-refractivity contribution is 0.129. The van der Waals surface area contributed by atoms with E-state index in [0.29, 0.717) is 29.2 Å². The Labute approximate surface area is 216 Å². The van der Waals surface area contributed by atoms with Crippen LogP contribution in [0.1, 0.15) is 91.8 Å². The second kappa shape index (κ2) is 9.25. The van der Waals surface area contributed by atoms with Gasteiger partial charge < -0.3 is 4.74 Å². The van der Waals surface area contributed by atoms with Crippen LogP contribution in [0.2, 0.25) is 17.6 Å². The number of rotatable bonds is 5. The summed E-state index contributed by atoms with van der Waals surface area (Å²) in [7, 11) is -1.95. The van der Waals surface area contributed by atoms with Gasteiger partial charge in [-0.2, -0.15) is 0 Å². The van der Waals surface area contributed by atoms with Crippen molar-refractivity contribution in [3.8, 4) is 5.75 Å². The highest BCUT2D eigenvalue weighted by Gasteiger charge is 2.57. The van der Waals surface area contributed by atoms with Gasteiger partial charge in [-0.25, -0.2) is 0 Å². The lowest BCUT2D eigenvalue weighted by Crippen LogP contribution is -2.54. The molecule has 5 unspecified atom stereocenters. The van der Waals surface area contributed by atoms with Crippen molar-refractivity contribution in [2.24, 2.45) is 17.8 Å². The molecule has 0 amide bonds. The Kier molecular flexibility index (Phi) is 6.94. The van der Waals surface area contributed by atoms with Crippen LogP contribution in [0.5, 0.6) is 5.75 Å². The molecule has 2 aliphatic carbocycles. The Morgan fingerprint density at radius 1 is 0.829 bits per heavy atom. The molecular formula is C33H48OSi. The van der Waals surface area contributed by atoms with E-state index in [1.54, 1.807) is 10.8 Å². The maximum atomic E-state index is 6.93. The zero-order valence-electron chi connectivity index (χ0n) is 23.9. The monoisotopic (exact) mass is 488 g/mol. The average Bonchev–Trinajstić information content (AvgIpc) is 3.05. The van der Waals surface area contributed by atoms with Crippen LogP contribution in [0.15, 0.2) is 48.5 Å². The zero-order valence-corrected chi connectivity index (χ0v) is 24.9. The fourth-order valence-electron chi connectivity index (χ4n) is 7.58.